The summed E-state index contributed by atoms with van der Waals surface area (Å²) in [4.78, 5) is 17.3. The molecule has 0 spiro atoms. The topological polar surface area (TPSA) is 35.6 Å². The fourth-order valence-corrected chi connectivity index (χ4v) is 3.34. The third-order valence-electron chi connectivity index (χ3n) is 4.83. The van der Waals surface area contributed by atoms with Crippen LogP contribution in [-0.2, 0) is 4.79 Å². The highest BCUT2D eigenvalue weighted by atomic mass is 16.2. The van der Waals surface area contributed by atoms with Crippen LogP contribution in [0.15, 0.2) is 18.2 Å². The molecule has 0 saturated carbocycles. The summed E-state index contributed by atoms with van der Waals surface area (Å²) in [6.07, 6.45) is 5.00. The molecular weight excluding hydrogens is 286 g/mol. The van der Waals surface area contributed by atoms with Crippen LogP contribution < -0.4 is 15.1 Å². The first-order chi connectivity index (χ1) is 10.9. The van der Waals surface area contributed by atoms with Crippen LogP contribution in [0.2, 0.25) is 0 Å². The van der Waals surface area contributed by atoms with Crippen molar-refractivity contribution in [3.05, 3.63) is 18.2 Å². The van der Waals surface area contributed by atoms with Crippen LogP contribution in [0.3, 0.4) is 0 Å². The summed E-state index contributed by atoms with van der Waals surface area (Å²) in [7, 11) is 0. The molecule has 0 aliphatic carbocycles. The highest BCUT2D eigenvalue weighted by molar-refractivity contribution is 5.98. The minimum atomic E-state index is -0.383. The number of rotatable bonds is 3. The molecule has 1 aromatic carbocycles. The quantitative estimate of drug-likeness (QED) is 0.919. The number of carbonyl (C=O) groups is 1. The van der Waals surface area contributed by atoms with Gasteiger partial charge in [0.05, 0.1) is 11.4 Å². The third-order valence-corrected chi connectivity index (χ3v) is 4.83. The zero-order chi connectivity index (χ0) is 16.4. The number of nitrogens with one attached hydrogen (secondary N) is 1. The maximum absolute atomic E-state index is 12.5. The molecule has 0 radical (unpaired) electrons. The molecule has 0 unspecified atom stereocenters. The second-order valence-electron chi connectivity index (χ2n) is 7.79. The lowest BCUT2D eigenvalue weighted by molar-refractivity contribution is -0.123. The highest BCUT2D eigenvalue weighted by Crippen LogP contribution is 2.34. The Balaban J connectivity index is 1.90. The van der Waals surface area contributed by atoms with E-state index in [4.69, 9.17) is 0 Å². The molecule has 4 nitrogen and oxygen atoms in total. The Morgan fingerprint density at radius 1 is 0.957 bits per heavy atom. The van der Waals surface area contributed by atoms with Crippen LogP contribution in [0.4, 0.5) is 17.1 Å². The summed E-state index contributed by atoms with van der Waals surface area (Å²) in [5.41, 5.74) is 2.99. The van der Waals surface area contributed by atoms with Gasteiger partial charge in [-0.3, -0.25) is 4.79 Å². The molecule has 2 aliphatic rings. The Bertz CT molecular complexity index is 564. The summed E-state index contributed by atoms with van der Waals surface area (Å²) in [6, 6.07) is 6.57. The Morgan fingerprint density at radius 3 is 2.09 bits per heavy atom. The molecule has 3 rings (SSSR count). The standard InChI is InChI=1S/C19H29N3O/c1-19(2,3)18(23)20-16-14-15(21-10-4-5-11-21)8-9-17(16)22-12-6-7-13-22/h8-9,14H,4-7,10-13H2,1-3H3,(H,20,23). The second kappa shape index (κ2) is 6.42. The molecule has 0 aromatic heterocycles. The van der Waals surface area contributed by atoms with Crippen LogP contribution in [0.5, 0.6) is 0 Å². The Hall–Kier alpha value is -1.71. The lowest BCUT2D eigenvalue weighted by Crippen LogP contribution is -2.29. The van der Waals surface area contributed by atoms with E-state index < -0.39 is 0 Å². The van der Waals surface area contributed by atoms with Crippen LogP contribution in [0.25, 0.3) is 0 Å². The number of amides is 1. The number of hydrogen-bond acceptors (Lipinski definition) is 3. The van der Waals surface area contributed by atoms with Gasteiger partial charge in [-0.15, -0.1) is 0 Å². The predicted octanol–water partition coefficient (Wildman–Crippen LogP) is 3.87. The molecule has 23 heavy (non-hydrogen) atoms. The maximum atomic E-state index is 12.5. The molecule has 1 amide bonds. The smallest absolute Gasteiger partial charge is 0.229 e. The first-order valence-corrected chi connectivity index (χ1v) is 8.90. The first-order valence-electron chi connectivity index (χ1n) is 8.90. The van der Waals surface area contributed by atoms with Gasteiger partial charge < -0.3 is 15.1 Å². The van der Waals surface area contributed by atoms with Gasteiger partial charge in [-0.05, 0) is 43.9 Å². The van der Waals surface area contributed by atoms with Crippen molar-refractivity contribution in [1.29, 1.82) is 0 Å². The summed E-state index contributed by atoms with van der Waals surface area (Å²) in [5.74, 6) is 0.0801. The molecule has 0 atom stereocenters. The van der Waals surface area contributed by atoms with Crippen molar-refractivity contribution in [2.75, 3.05) is 41.3 Å². The number of benzene rings is 1. The number of nitrogens with zero attached hydrogens (tertiary/aromatic N) is 2. The minimum Gasteiger partial charge on any atom is -0.371 e. The molecule has 2 heterocycles. The van der Waals surface area contributed by atoms with Gasteiger partial charge in [0.25, 0.3) is 0 Å². The van der Waals surface area contributed by atoms with Crippen LogP contribution in [0, 0.1) is 5.41 Å². The summed E-state index contributed by atoms with van der Waals surface area (Å²) in [6.45, 7) is 10.3. The van der Waals surface area contributed by atoms with Gasteiger partial charge >= 0.3 is 0 Å². The van der Waals surface area contributed by atoms with Crippen LogP contribution in [0.1, 0.15) is 46.5 Å². The molecule has 2 fully saturated rings. The molecule has 0 bridgehead atoms. The van der Waals surface area contributed by atoms with Gasteiger partial charge in [0, 0.05) is 37.3 Å². The van der Waals surface area contributed by atoms with Crippen molar-refractivity contribution in [2.45, 2.75) is 46.5 Å². The summed E-state index contributed by atoms with van der Waals surface area (Å²) < 4.78 is 0. The minimum absolute atomic E-state index is 0.0801. The average molecular weight is 315 g/mol. The number of hydrogen-bond donors (Lipinski definition) is 1. The van der Waals surface area contributed by atoms with Gasteiger partial charge in [-0.2, -0.15) is 0 Å². The van der Waals surface area contributed by atoms with E-state index >= 15 is 0 Å². The largest absolute Gasteiger partial charge is 0.371 e. The fourth-order valence-electron chi connectivity index (χ4n) is 3.34. The Morgan fingerprint density at radius 2 is 1.52 bits per heavy atom. The van der Waals surface area contributed by atoms with Crippen molar-refractivity contribution in [2.24, 2.45) is 5.41 Å². The van der Waals surface area contributed by atoms with Gasteiger partial charge in [0.2, 0.25) is 5.91 Å². The van der Waals surface area contributed by atoms with Crippen molar-refractivity contribution >= 4 is 23.0 Å². The molecule has 1 aromatic rings. The van der Waals surface area contributed by atoms with Gasteiger partial charge in [0.1, 0.15) is 0 Å². The fraction of sp³-hybridized carbons (Fsp3) is 0.632. The van der Waals surface area contributed by atoms with Crippen LogP contribution in [-0.4, -0.2) is 32.1 Å². The van der Waals surface area contributed by atoms with Gasteiger partial charge in [-0.25, -0.2) is 0 Å². The monoisotopic (exact) mass is 315 g/mol. The van der Waals surface area contributed by atoms with Crippen molar-refractivity contribution in [3.63, 3.8) is 0 Å². The number of carbonyl (C=O) groups excluding carboxylic acids is 1. The van der Waals surface area contributed by atoms with E-state index in [2.05, 4.69) is 33.3 Å². The maximum Gasteiger partial charge on any atom is 0.229 e. The van der Waals surface area contributed by atoms with E-state index in [1.165, 1.54) is 37.1 Å². The van der Waals surface area contributed by atoms with E-state index in [-0.39, 0.29) is 11.3 Å². The molecule has 126 valence electrons. The zero-order valence-corrected chi connectivity index (χ0v) is 14.7. The Kier molecular flexibility index (Phi) is 4.51. The van der Waals surface area contributed by atoms with E-state index in [9.17, 15) is 4.79 Å². The molecular formula is C19H29N3O. The van der Waals surface area contributed by atoms with Crippen LogP contribution >= 0.6 is 0 Å². The zero-order valence-electron chi connectivity index (χ0n) is 14.7. The average Bonchev–Trinajstić information content (AvgIpc) is 3.20. The van der Waals surface area contributed by atoms with Gasteiger partial charge in [-0.1, -0.05) is 20.8 Å². The number of anilines is 3. The third kappa shape index (κ3) is 3.62. The Labute approximate surface area is 139 Å². The molecule has 4 heteroatoms. The SMILES string of the molecule is CC(C)(C)C(=O)Nc1cc(N2CCCC2)ccc1N1CCCC1. The molecule has 2 saturated heterocycles. The van der Waals surface area contributed by atoms with Crippen molar-refractivity contribution in [1.82, 2.24) is 0 Å². The van der Waals surface area contributed by atoms with E-state index in [1.807, 2.05) is 20.8 Å². The van der Waals surface area contributed by atoms with E-state index in [1.54, 1.807) is 0 Å². The van der Waals surface area contributed by atoms with E-state index in [0.29, 0.717) is 0 Å². The van der Waals surface area contributed by atoms with Crippen molar-refractivity contribution < 1.29 is 4.79 Å². The molecule has 2 aliphatic heterocycles. The second-order valence-corrected chi connectivity index (χ2v) is 7.79. The van der Waals surface area contributed by atoms with E-state index in [0.717, 1.165) is 31.9 Å². The van der Waals surface area contributed by atoms with Crippen molar-refractivity contribution in [3.8, 4) is 0 Å². The summed E-state index contributed by atoms with van der Waals surface area (Å²) in [5, 5.41) is 3.18. The lowest BCUT2D eigenvalue weighted by Gasteiger charge is -2.26. The normalized spacial score (nSPS) is 18.6. The molecule has 1 N–H and O–H groups in total. The highest BCUT2D eigenvalue weighted by Gasteiger charge is 2.24. The summed E-state index contributed by atoms with van der Waals surface area (Å²) >= 11 is 0. The predicted molar refractivity (Wildman–Crippen MR) is 97.4 cm³/mol. The lowest BCUT2D eigenvalue weighted by atomic mass is 9.95. The van der Waals surface area contributed by atoms with Gasteiger partial charge in [0.15, 0.2) is 0 Å². The first kappa shape index (κ1) is 16.2.